The number of fused-ring (bicyclic) bond motifs is 2. The van der Waals surface area contributed by atoms with Gasteiger partial charge >= 0.3 is 0 Å². The standard InChI is InChI=1S/C21H27N3S/c1-2-6-17-15(4-1)5-3-7-18(17)21-19-14-24(11-8-20(19)22-23-21)16-9-12-25-13-10-16/h1-7,16,19-23H,8-14H2. The maximum Gasteiger partial charge on any atom is 0.0524 e. The van der Waals surface area contributed by atoms with Crippen molar-refractivity contribution in [1.29, 1.82) is 0 Å². The normalized spacial score (nSPS) is 31.3. The summed E-state index contributed by atoms with van der Waals surface area (Å²) in [7, 11) is 0. The summed E-state index contributed by atoms with van der Waals surface area (Å²) in [5.41, 5.74) is 8.72. The smallest absolute Gasteiger partial charge is 0.0524 e. The summed E-state index contributed by atoms with van der Waals surface area (Å²) < 4.78 is 0. The van der Waals surface area contributed by atoms with E-state index in [1.54, 1.807) is 0 Å². The minimum atomic E-state index is 0.414. The quantitative estimate of drug-likeness (QED) is 0.863. The van der Waals surface area contributed by atoms with Crippen LogP contribution in [0.5, 0.6) is 0 Å². The Morgan fingerprint density at radius 3 is 2.68 bits per heavy atom. The number of hydrogen-bond acceptors (Lipinski definition) is 4. The maximum atomic E-state index is 3.65. The second kappa shape index (κ2) is 6.92. The van der Waals surface area contributed by atoms with Crippen LogP contribution < -0.4 is 10.9 Å². The number of benzene rings is 2. The van der Waals surface area contributed by atoms with Crippen LogP contribution in [-0.4, -0.2) is 41.6 Å². The number of likely N-dealkylation sites (tertiary alicyclic amines) is 1. The summed E-state index contributed by atoms with van der Waals surface area (Å²) in [6.07, 6.45) is 4.02. The third kappa shape index (κ3) is 2.99. The van der Waals surface area contributed by atoms with Gasteiger partial charge in [0.05, 0.1) is 6.04 Å². The summed E-state index contributed by atoms with van der Waals surface area (Å²) in [6, 6.07) is 17.4. The number of hydrazine groups is 1. The van der Waals surface area contributed by atoms with Crippen LogP contribution in [0.4, 0.5) is 0 Å². The molecule has 0 bridgehead atoms. The molecule has 3 aliphatic rings. The van der Waals surface area contributed by atoms with Gasteiger partial charge < -0.3 is 0 Å². The molecule has 2 aromatic rings. The summed E-state index contributed by atoms with van der Waals surface area (Å²) in [5.74, 6) is 3.35. The van der Waals surface area contributed by atoms with E-state index in [0.717, 1.165) is 6.04 Å². The molecule has 3 unspecified atom stereocenters. The van der Waals surface area contributed by atoms with Gasteiger partial charge in [-0.25, -0.2) is 5.43 Å². The van der Waals surface area contributed by atoms with E-state index in [1.807, 2.05) is 0 Å². The Balaban J connectivity index is 1.42. The van der Waals surface area contributed by atoms with E-state index >= 15 is 0 Å². The van der Waals surface area contributed by atoms with Crippen molar-refractivity contribution in [2.75, 3.05) is 24.6 Å². The minimum absolute atomic E-state index is 0.414. The molecule has 0 aromatic heterocycles. The van der Waals surface area contributed by atoms with Crippen molar-refractivity contribution < 1.29 is 0 Å². The lowest BCUT2D eigenvalue weighted by Gasteiger charge is -2.42. The lowest BCUT2D eigenvalue weighted by molar-refractivity contribution is 0.103. The fourth-order valence-electron chi connectivity index (χ4n) is 5.04. The van der Waals surface area contributed by atoms with Gasteiger partial charge in [0, 0.05) is 24.5 Å². The van der Waals surface area contributed by atoms with Gasteiger partial charge in [0.25, 0.3) is 0 Å². The topological polar surface area (TPSA) is 27.3 Å². The summed E-state index contributed by atoms with van der Waals surface area (Å²) in [4.78, 5) is 2.80. The highest BCUT2D eigenvalue weighted by atomic mass is 32.2. The summed E-state index contributed by atoms with van der Waals surface area (Å²) >= 11 is 2.13. The molecule has 5 rings (SSSR count). The first kappa shape index (κ1) is 16.1. The van der Waals surface area contributed by atoms with E-state index in [9.17, 15) is 0 Å². The largest absolute Gasteiger partial charge is 0.300 e. The van der Waals surface area contributed by atoms with Gasteiger partial charge in [0.15, 0.2) is 0 Å². The van der Waals surface area contributed by atoms with Crippen LogP contribution in [0.1, 0.15) is 30.9 Å². The molecular weight excluding hydrogens is 326 g/mol. The molecule has 3 nitrogen and oxygen atoms in total. The van der Waals surface area contributed by atoms with Gasteiger partial charge in [-0.2, -0.15) is 11.8 Å². The van der Waals surface area contributed by atoms with Crippen LogP contribution in [0, 0.1) is 5.92 Å². The Bertz CT molecular complexity index is 738. The number of thioether (sulfide) groups is 1. The second-order valence-electron chi connectivity index (χ2n) is 7.73. The molecule has 0 spiro atoms. The van der Waals surface area contributed by atoms with Gasteiger partial charge in [-0.1, -0.05) is 42.5 Å². The number of nitrogens with zero attached hydrogens (tertiary/aromatic N) is 1. The molecule has 3 atom stereocenters. The number of nitrogens with one attached hydrogen (secondary N) is 2. The first-order valence-corrected chi connectivity index (χ1v) is 10.9. The van der Waals surface area contributed by atoms with Gasteiger partial charge in [-0.05, 0) is 53.6 Å². The van der Waals surface area contributed by atoms with E-state index in [2.05, 4.69) is 70.0 Å². The Morgan fingerprint density at radius 1 is 0.920 bits per heavy atom. The average Bonchev–Trinajstić information content (AvgIpc) is 3.11. The molecule has 3 heterocycles. The molecule has 0 saturated carbocycles. The van der Waals surface area contributed by atoms with E-state index in [4.69, 9.17) is 0 Å². The van der Waals surface area contributed by atoms with Crippen LogP contribution in [0.15, 0.2) is 42.5 Å². The molecule has 0 amide bonds. The fraction of sp³-hybridized carbons (Fsp3) is 0.524. The monoisotopic (exact) mass is 353 g/mol. The molecular formula is C21H27N3S. The predicted molar refractivity (Wildman–Crippen MR) is 107 cm³/mol. The molecule has 2 N–H and O–H groups in total. The fourth-order valence-corrected chi connectivity index (χ4v) is 6.12. The molecule has 0 radical (unpaired) electrons. The first-order valence-electron chi connectivity index (χ1n) is 9.71. The number of piperidine rings is 1. The number of rotatable bonds is 2. The van der Waals surface area contributed by atoms with Crippen molar-refractivity contribution >= 4 is 22.5 Å². The number of hydrogen-bond donors (Lipinski definition) is 2. The van der Waals surface area contributed by atoms with Crippen LogP contribution >= 0.6 is 11.8 Å². The van der Waals surface area contributed by atoms with Gasteiger partial charge in [0.1, 0.15) is 0 Å². The maximum absolute atomic E-state index is 3.65. The highest BCUT2D eigenvalue weighted by Crippen LogP contribution is 2.38. The molecule has 25 heavy (non-hydrogen) atoms. The Kier molecular flexibility index (Phi) is 4.46. The van der Waals surface area contributed by atoms with Crippen LogP contribution in [0.25, 0.3) is 10.8 Å². The lowest BCUT2D eigenvalue weighted by atomic mass is 9.83. The SMILES string of the molecule is c1ccc2c(C3NNC4CCN(C5CCSCC5)CC43)cccc2c1. The van der Waals surface area contributed by atoms with E-state index in [-0.39, 0.29) is 0 Å². The molecule has 3 aliphatic heterocycles. The zero-order valence-electron chi connectivity index (χ0n) is 14.7. The van der Waals surface area contributed by atoms with Crippen molar-refractivity contribution in [1.82, 2.24) is 15.8 Å². The molecule has 0 aliphatic carbocycles. The average molecular weight is 354 g/mol. The highest BCUT2D eigenvalue weighted by Gasteiger charge is 2.42. The zero-order chi connectivity index (χ0) is 16.6. The second-order valence-corrected chi connectivity index (χ2v) is 8.96. The molecule has 3 saturated heterocycles. The van der Waals surface area contributed by atoms with Gasteiger partial charge in [-0.3, -0.25) is 10.3 Å². The van der Waals surface area contributed by atoms with Crippen molar-refractivity contribution in [3.63, 3.8) is 0 Å². The third-order valence-corrected chi connectivity index (χ3v) is 7.46. The van der Waals surface area contributed by atoms with Crippen molar-refractivity contribution in [3.05, 3.63) is 48.0 Å². The summed E-state index contributed by atoms with van der Waals surface area (Å²) in [5, 5.41) is 2.75. The lowest BCUT2D eigenvalue weighted by Crippen LogP contribution is -2.50. The van der Waals surface area contributed by atoms with Gasteiger partial charge in [-0.15, -0.1) is 0 Å². The third-order valence-electron chi connectivity index (χ3n) is 6.41. The zero-order valence-corrected chi connectivity index (χ0v) is 15.5. The van der Waals surface area contributed by atoms with Crippen LogP contribution in [0.2, 0.25) is 0 Å². The van der Waals surface area contributed by atoms with Crippen molar-refractivity contribution in [2.45, 2.75) is 37.4 Å². The van der Waals surface area contributed by atoms with Crippen molar-refractivity contribution in [3.8, 4) is 0 Å². The molecule has 3 fully saturated rings. The minimum Gasteiger partial charge on any atom is -0.300 e. The molecule has 2 aromatic carbocycles. The highest BCUT2D eigenvalue weighted by molar-refractivity contribution is 7.99. The van der Waals surface area contributed by atoms with Crippen molar-refractivity contribution in [2.24, 2.45) is 5.92 Å². The molecule has 4 heteroatoms. The van der Waals surface area contributed by atoms with E-state index < -0.39 is 0 Å². The Labute approximate surface area is 154 Å². The van der Waals surface area contributed by atoms with E-state index in [1.165, 1.54) is 60.2 Å². The van der Waals surface area contributed by atoms with Crippen LogP contribution in [0.3, 0.4) is 0 Å². The van der Waals surface area contributed by atoms with Gasteiger partial charge in [0.2, 0.25) is 0 Å². The Morgan fingerprint density at radius 2 is 1.76 bits per heavy atom. The summed E-state index contributed by atoms with van der Waals surface area (Å²) in [6.45, 7) is 2.49. The Hall–Kier alpha value is -1.07. The predicted octanol–water partition coefficient (Wildman–Crippen LogP) is 3.57. The molecule has 132 valence electrons. The van der Waals surface area contributed by atoms with Crippen LogP contribution in [-0.2, 0) is 0 Å². The van der Waals surface area contributed by atoms with E-state index in [0.29, 0.717) is 18.0 Å². The first-order chi connectivity index (χ1) is 12.4.